The first-order valence-corrected chi connectivity index (χ1v) is 10.3. The maximum Gasteiger partial charge on any atom is 0.250 e. The SMILES string of the molecule is COc1ccccc1Oc1ccc(NS(C)(=O)=O)cc1-c1ccc(=O)n(C)c1. The number of aryl methyl sites for hydroxylation is 1. The number of anilines is 1. The van der Waals surface area contributed by atoms with Crippen LogP contribution >= 0.6 is 0 Å². The van der Waals surface area contributed by atoms with Crippen LogP contribution in [0.3, 0.4) is 0 Å². The Morgan fingerprint density at radius 2 is 1.68 bits per heavy atom. The molecular formula is C20H20N2O5S. The molecule has 0 saturated heterocycles. The molecule has 146 valence electrons. The number of ether oxygens (including phenoxy) is 2. The van der Waals surface area contributed by atoms with Crippen molar-refractivity contribution in [2.24, 2.45) is 7.05 Å². The molecule has 0 saturated carbocycles. The fourth-order valence-corrected chi connectivity index (χ4v) is 3.25. The summed E-state index contributed by atoms with van der Waals surface area (Å²) in [5.41, 5.74) is 1.55. The summed E-state index contributed by atoms with van der Waals surface area (Å²) >= 11 is 0. The van der Waals surface area contributed by atoms with E-state index >= 15 is 0 Å². The van der Waals surface area contributed by atoms with E-state index in [9.17, 15) is 13.2 Å². The van der Waals surface area contributed by atoms with E-state index in [0.29, 0.717) is 34.1 Å². The van der Waals surface area contributed by atoms with Crippen LogP contribution in [0.4, 0.5) is 5.69 Å². The molecule has 0 aliphatic carbocycles. The van der Waals surface area contributed by atoms with Gasteiger partial charge >= 0.3 is 0 Å². The fourth-order valence-electron chi connectivity index (χ4n) is 2.70. The van der Waals surface area contributed by atoms with Gasteiger partial charge in [-0.2, -0.15) is 0 Å². The largest absolute Gasteiger partial charge is 0.493 e. The first-order valence-electron chi connectivity index (χ1n) is 8.36. The summed E-state index contributed by atoms with van der Waals surface area (Å²) in [6.07, 6.45) is 2.75. The molecule has 1 aromatic heterocycles. The maximum absolute atomic E-state index is 11.7. The van der Waals surface area contributed by atoms with E-state index in [1.165, 1.54) is 10.6 Å². The number of sulfonamides is 1. The molecule has 0 amide bonds. The molecule has 28 heavy (non-hydrogen) atoms. The lowest BCUT2D eigenvalue weighted by atomic mass is 10.1. The van der Waals surface area contributed by atoms with Crippen molar-refractivity contribution in [2.45, 2.75) is 0 Å². The molecule has 0 aliphatic heterocycles. The molecular weight excluding hydrogens is 380 g/mol. The zero-order valence-electron chi connectivity index (χ0n) is 15.7. The summed E-state index contributed by atoms with van der Waals surface area (Å²) in [4.78, 5) is 11.7. The monoisotopic (exact) mass is 400 g/mol. The van der Waals surface area contributed by atoms with Gasteiger partial charge in [0.05, 0.1) is 13.4 Å². The standard InChI is InChI=1S/C20H20N2O5S/c1-22-13-14(8-11-20(22)23)16-12-15(21-28(3,24)25)9-10-17(16)27-19-7-5-4-6-18(19)26-2/h4-13,21H,1-3H3. The number of methoxy groups -OCH3 is 1. The molecule has 3 aromatic rings. The van der Waals surface area contributed by atoms with E-state index < -0.39 is 10.0 Å². The predicted molar refractivity (Wildman–Crippen MR) is 109 cm³/mol. The van der Waals surface area contributed by atoms with Gasteiger partial charge in [-0.1, -0.05) is 12.1 Å². The highest BCUT2D eigenvalue weighted by Crippen LogP contribution is 2.38. The molecule has 0 aliphatic rings. The second-order valence-electron chi connectivity index (χ2n) is 6.21. The van der Waals surface area contributed by atoms with Gasteiger partial charge < -0.3 is 14.0 Å². The third kappa shape index (κ3) is 4.52. The number of pyridine rings is 1. The number of aromatic nitrogens is 1. The van der Waals surface area contributed by atoms with Crippen LogP contribution in [0, 0.1) is 0 Å². The Morgan fingerprint density at radius 3 is 2.32 bits per heavy atom. The van der Waals surface area contributed by atoms with Crippen LogP contribution in [0.1, 0.15) is 0 Å². The average Bonchev–Trinajstić information content (AvgIpc) is 2.64. The van der Waals surface area contributed by atoms with Crippen LogP contribution in [0.5, 0.6) is 17.2 Å². The second-order valence-corrected chi connectivity index (χ2v) is 7.95. The van der Waals surface area contributed by atoms with Crippen LogP contribution in [-0.4, -0.2) is 26.4 Å². The summed E-state index contributed by atoms with van der Waals surface area (Å²) in [5.74, 6) is 1.56. The molecule has 0 fully saturated rings. The topological polar surface area (TPSA) is 86.6 Å². The van der Waals surface area contributed by atoms with Gasteiger partial charge in [0.1, 0.15) is 5.75 Å². The summed E-state index contributed by atoms with van der Waals surface area (Å²) in [6.45, 7) is 0. The number of hydrogen-bond acceptors (Lipinski definition) is 5. The predicted octanol–water partition coefficient (Wildman–Crippen LogP) is 3.22. The van der Waals surface area contributed by atoms with Gasteiger partial charge in [-0.15, -0.1) is 0 Å². The highest BCUT2D eigenvalue weighted by Gasteiger charge is 2.13. The quantitative estimate of drug-likeness (QED) is 0.687. The highest BCUT2D eigenvalue weighted by atomic mass is 32.2. The van der Waals surface area contributed by atoms with Crippen molar-refractivity contribution in [3.05, 3.63) is 71.1 Å². The van der Waals surface area contributed by atoms with Crippen molar-refractivity contribution >= 4 is 15.7 Å². The number of nitrogens with zero attached hydrogens (tertiary/aromatic N) is 1. The van der Waals surface area contributed by atoms with Gasteiger partial charge in [-0.25, -0.2) is 8.42 Å². The highest BCUT2D eigenvalue weighted by molar-refractivity contribution is 7.92. The first kappa shape index (κ1) is 19.5. The number of nitrogens with one attached hydrogen (secondary N) is 1. The zero-order valence-corrected chi connectivity index (χ0v) is 16.5. The van der Waals surface area contributed by atoms with Crippen molar-refractivity contribution in [1.82, 2.24) is 4.57 Å². The summed E-state index contributed by atoms with van der Waals surface area (Å²) in [7, 11) is -0.245. The molecule has 0 bridgehead atoms. The summed E-state index contributed by atoms with van der Waals surface area (Å²) < 4.78 is 38.5. The molecule has 3 rings (SSSR count). The van der Waals surface area contributed by atoms with Crippen LogP contribution in [0.15, 0.2) is 65.6 Å². The zero-order chi connectivity index (χ0) is 20.3. The molecule has 8 heteroatoms. The smallest absolute Gasteiger partial charge is 0.250 e. The Hall–Kier alpha value is -3.26. The number of benzene rings is 2. The van der Waals surface area contributed by atoms with E-state index in [2.05, 4.69) is 4.72 Å². The molecule has 0 atom stereocenters. The van der Waals surface area contributed by atoms with E-state index in [-0.39, 0.29) is 5.56 Å². The van der Waals surface area contributed by atoms with Gasteiger partial charge in [0.25, 0.3) is 0 Å². The molecule has 1 heterocycles. The van der Waals surface area contributed by atoms with Gasteiger partial charge in [-0.05, 0) is 36.4 Å². The minimum atomic E-state index is -3.44. The fraction of sp³-hybridized carbons (Fsp3) is 0.150. The van der Waals surface area contributed by atoms with Crippen LogP contribution in [-0.2, 0) is 17.1 Å². The van der Waals surface area contributed by atoms with Crippen molar-refractivity contribution in [1.29, 1.82) is 0 Å². The molecule has 2 aromatic carbocycles. The van der Waals surface area contributed by atoms with Crippen molar-refractivity contribution in [3.8, 4) is 28.4 Å². The van der Waals surface area contributed by atoms with Crippen LogP contribution < -0.4 is 19.8 Å². The lowest BCUT2D eigenvalue weighted by Gasteiger charge is -2.16. The van der Waals surface area contributed by atoms with E-state index in [1.54, 1.807) is 56.8 Å². The van der Waals surface area contributed by atoms with E-state index in [4.69, 9.17) is 9.47 Å². The normalized spacial score (nSPS) is 11.1. The Bertz CT molecular complexity index is 1170. The molecule has 0 radical (unpaired) electrons. The number of rotatable bonds is 6. The lowest BCUT2D eigenvalue weighted by molar-refractivity contribution is 0.379. The molecule has 1 N–H and O–H groups in total. The summed E-state index contributed by atoms with van der Waals surface area (Å²) in [6, 6.07) is 15.2. The van der Waals surface area contributed by atoms with Crippen molar-refractivity contribution in [3.63, 3.8) is 0 Å². The van der Waals surface area contributed by atoms with Crippen molar-refractivity contribution < 1.29 is 17.9 Å². The Balaban J connectivity index is 2.12. The second kappa shape index (κ2) is 7.77. The third-order valence-corrected chi connectivity index (χ3v) is 4.58. The Morgan fingerprint density at radius 1 is 0.964 bits per heavy atom. The van der Waals surface area contributed by atoms with Gasteiger partial charge in [0.2, 0.25) is 15.6 Å². The van der Waals surface area contributed by atoms with Crippen LogP contribution in [0.2, 0.25) is 0 Å². The van der Waals surface area contributed by atoms with Gasteiger partial charge in [-0.3, -0.25) is 9.52 Å². The number of hydrogen-bond donors (Lipinski definition) is 1. The molecule has 0 spiro atoms. The average molecular weight is 400 g/mol. The third-order valence-electron chi connectivity index (χ3n) is 3.97. The molecule has 7 nitrogen and oxygen atoms in total. The molecule has 0 unspecified atom stereocenters. The number of para-hydroxylation sites is 2. The maximum atomic E-state index is 11.7. The minimum Gasteiger partial charge on any atom is -0.493 e. The van der Waals surface area contributed by atoms with Crippen LogP contribution in [0.25, 0.3) is 11.1 Å². The Kier molecular flexibility index (Phi) is 5.41. The summed E-state index contributed by atoms with van der Waals surface area (Å²) in [5, 5.41) is 0. The van der Waals surface area contributed by atoms with Crippen molar-refractivity contribution in [2.75, 3.05) is 18.1 Å². The van der Waals surface area contributed by atoms with E-state index in [1.807, 2.05) is 12.1 Å². The van der Waals surface area contributed by atoms with Gasteiger partial charge in [0.15, 0.2) is 11.5 Å². The van der Waals surface area contributed by atoms with E-state index in [0.717, 1.165) is 6.26 Å². The Labute approximate surface area is 163 Å². The first-order chi connectivity index (χ1) is 13.3. The van der Waals surface area contributed by atoms with Gasteiger partial charge in [0, 0.05) is 36.1 Å². The minimum absolute atomic E-state index is 0.152. The lowest BCUT2D eigenvalue weighted by Crippen LogP contribution is -2.14.